The number of para-hydroxylation sites is 1. The van der Waals surface area contributed by atoms with Gasteiger partial charge in [0.1, 0.15) is 17.5 Å². The minimum Gasteiger partial charge on any atom is -0.488 e. The average Bonchev–Trinajstić information content (AvgIpc) is 3.20. The van der Waals surface area contributed by atoms with E-state index >= 15 is 0 Å². The van der Waals surface area contributed by atoms with Gasteiger partial charge in [0.2, 0.25) is 0 Å². The van der Waals surface area contributed by atoms with Crippen LogP contribution in [-0.2, 0) is 11.2 Å². The lowest BCUT2D eigenvalue weighted by molar-refractivity contribution is 0.0507. The summed E-state index contributed by atoms with van der Waals surface area (Å²) in [4.78, 5) is 18.5. The van der Waals surface area contributed by atoms with Crippen molar-refractivity contribution in [3.63, 3.8) is 0 Å². The van der Waals surface area contributed by atoms with Gasteiger partial charge in [0, 0.05) is 26.6 Å². The smallest absolute Gasteiger partial charge is 0.407 e. The molecule has 1 saturated heterocycles. The van der Waals surface area contributed by atoms with Crippen LogP contribution in [0.15, 0.2) is 29.3 Å². The van der Waals surface area contributed by atoms with E-state index in [-0.39, 0.29) is 42.2 Å². The minimum atomic E-state index is -0.487. The summed E-state index contributed by atoms with van der Waals surface area (Å²) in [6.07, 6.45) is 1.51. The van der Waals surface area contributed by atoms with E-state index in [0.717, 1.165) is 31.1 Å². The highest BCUT2D eigenvalue weighted by Crippen LogP contribution is 2.27. The number of alkyl carbamates (subject to hydrolysis) is 1. The number of guanidine groups is 1. The molecule has 2 heterocycles. The van der Waals surface area contributed by atoms with Crippen LogP contribution in [0.5, 0.6) is 5.75 Å². The van der Waals surface area contributed by atoms with Gasteiger partial charge in [0.15, 0.2) is 5.96 Å². The number of carbonyl (C=O) groups excluding carboxylic acids is 1. The van der Waals surface area contributed by atoms with Gasteiger partial charge in [-0.15, -0.1) is 24.0 Å². The lowest BCUT2D eigenvalue weighted by Gasteiger charge is -2.24. The fourth-order valence-electron chi connectivity index (χ4n) is 3.45. The fourth-order valence-corrected chi connectivity index (χ4v) is 3.45. The van der Waals surface area contributed by atoms with Gasteiger partial charge in [-0.05, 0) is 38.8 Å². The van der Waals surface area contributed by atoms with Crippen LogP contribution in [0, 0.1) is 0 Å². The highest BCUT2D eigenvalue weighted by atomic mass is 127. The van der Waals surface area contributed by atoms with Crippen molar-refractivity contribution in [3.8, 4) is 5.75 Å². The third-order valence-corrected chi connectivity index (χ3v) is 4.62. The first-order valence-electron chi connectivity index (χ1n) is 9.54. The Morgan fingerprint density at radius 2 is 2.11 bits per heavy atom. The Balaban J connectivity index is 0.00000280. The van der Waals surface area contributed by atoms with Gasteiger partial charge in [-0.3, -0.25) is 4.99 Å². The average molecular weight is 502 g/mol. The van der Waals surface area contributed by atoms with E-state index in [0.29, 0.717) is 13.1 Å². The van der Waals surface area contributed by atoms with Crippen LogP contribution < -0.4 is 15.4 Å². The Bertz CT molecular complexity index is 680. The summed E-state index contributed by atoms with van der Waals surface area (Å²) in [5.74, 6) is 1.81. The Morgan fingerprint density at radius 3 is 2.79 bits per heavy atom. The molecule has 2 atom stereocenters. The Hall–Kier alpha value is -1.71. The number of amides is 1. The van der Waals surface area contributed by atoms with Crippen molar-refractivity contribution < 1.29 is 14.3 Å². The van der Waals surface area contributed by atoms with Gasteiger partial charge in [-0.1, -0.05) is 18.2 Å². The second-order valence-electron chi connectivity index (χ2n) is 8.06. The summed E-state index contributed by atoms with van der Waals surface area (Å²) in [5.41, 5.74) is 0.765. The summed E-state index contributed by atoms with van der Waals surface area (Å²) in [7, 11) is 1.78. The molecule has 0 saturated carbocycles. The second kappa shape index (κ2) is 9.67. The normalized spacial score (nSPS) is 21.4. The van der Waals surface area contributed by atoms with Crippen molar-refractivity contribution >= 4 is 36.0 Å². The van der Waals surface area contributed by atoms with Gasteiger partial charge in [-0.25, -0.2) is 4.79 Å². The van der Waals surface area contributed by atoms with E-state index in [1.165, 1.54) is 5.56 Å². The Morgan fingerprint density at radius 1 is 1.36 bits per heavy atom. The predicted octanol–water partition coefficient (Wildman–Crippen LogP) is 2.78. The molecule has 0 bridgehead atoms. The van der Waals surface area contributed by atoms with Gasteiger partial charge >= 0.3 is 6.09 Å². The zero-order valence-electron chi connectivity index (χ0n) is 17.0. The van der Waals surface area contributed by atoms with Gasteiger partial charge in [0.05, 0.1) is 12.6 Å². The number of hydrogen-bond donors (Lipinski definition) is 2. The number of nitrogens with one attached hydrogen (secondary N) is 2. The van der Waals surface area contributed by atoms with Crippen molar-refractivity contribution in [2.24, 2.45) is 4.99 Å². The zero-order valence-corrected chi connectivity index (χ0v) is 19.4. The maximum absolute atomic E-state index is 12.0. The summed E-state index contributed by atoms with van der Waals surface area (Å²) in [6.45, 7) is 7.84. The molecule has 156 valence electrons. The molecule has 1 aromatic rings. The zero-order chi connectivity index (χ0) is 19.4. The minimum absolute atomic E-state index is 0. The maximum Gasteiger partial charge on any atom is 0.407 e. The highest BCUT2D eigenvalue weighted by molar-refractivity contribution is 14.0. The summed E-state index contributed by atoms with van der Waals surface area (Å²) in [6, 6.07) is 8.22. The first-order chi connectivity index (χ1) is 12.8. The molecule has 2 aliphatic rings. The van der Waals surface area contributed by atoms with Gasteiger partial charge < -0.3 is 25.0 Å². The quantitative estimate of drug-likeness (QED) is 0.378. The third-order valence-electron chi connectivity index (χ3n) is 4.62. The van der Waals surface area contributed by atoms with E-state index in [2.05, 4.69) is 26.6 Å². The molecule has 2 unspecified atom stereocenters. The van der Waals surface area contributed by atoms with Crippen molar-refractivity contribution in [2.75, 3.05) is 26.7 Å². The van der Waals surface area contributed by atoms with Crippen LogP contribution in [0.3, 0.4) is 0 Å². The van der Waals surface area contributed by atoms with E-state index in [9.17, 15) is 4.79 Å². The van der Waals surface area contributed by atoms with Crippen LogP contribution in [0.25, 0.3) is 0 Å². The van der Waals surface area contributed by atoms with Crippen LogP contribution in [0.4, 0.5) is 4.79 Å². The third kappa shape index (κ3) is 6.15. The number of fused-ring (bicyclic) bond motifs is 1. The molecule has 8 heteroatoms. The van der Waals surface area contributed by atoms with Crippen LogP contribution in [0.1, 0.15) is 32.8 Å². The number of benzene rings is 1. The van der Waals surface area contributed by atoms with Crippen molar-refractivity contribution in [1.29, 1.82) is 0 Å². The van der Waals surface area contributed by atoms with E-state index in [1.54, 1.807) is 7.05 Å². The number of aliphatic imine (C=N–C) groups is 1. The molecule has 3 rings (SSSR count). The van der Waals surface area contributed by atoms with Crippen molar-refractivity contribution in [3.05, 3.63) is 29.8 Å². The molecule has 2 N–H and O–H groups in total. The highest BCUT2D eigenvalue weighted by Gasteiger charge is 2.29. The molecule has 0 spiro atoms. The van der Waals surface area contributed by atoms with Gasteiger partial charge in [0.25, 0.3) is 0 Å². The lowest BCUT2D eigenvalue weighted by atomic mass is 10.1. The van der Waals surface area contributed by atoms with E-state index in [4.69, 9.17) is 9.47 Å². The largest absolute Gasteiger partial charge is 0.488 e. The molecule has 2 aliphatic heterocycles. The van der Waals surface area contributed by atoms with E-state index in [1.807, 2.05) is 39.0 Å². The molecule has 1 aromatic carbocycles. The molecule has 28 heavy (non-hydrogen) atoms. The Labute approximate surface area is 184 Å². The van der Waals surface area contributed by atoms with Crippen LogP contribution in [-0.4, -0.2) is 61.4 Å². The first-order valence-corrected chi connectivity index (χ1v) is 9.54. The number of carbonyl (C=O) groups is 1. The van der Waals surface area contributed by atoms with Gasteiger partial charge in [-0.2, -0.15) is 0 Å². The lowest BCUT2D eigenvalue weighted by Crippen LogP contribution is -2.46. The standard InChI is InChI=1S/C20H30N4O3.HI/c1-20(2,3)27-19(25)23-15-9-10-24(13-15)18(21-4)22-12-16-11-14-7-5-6-8-17(14)26-16;/h5-8,15-16H,9-13H2,1-4H3,(H,21,22)(H,23,25);1H. The monoisotopic (exact) mass is 502 g/mol. The number of nitrogens with zero attached hydrogens (tertiary/aromatic N) is 2. The van der Waals surface area contributed by atoms with Crippen LogP contribution in [0.2, 0.25) is 0 Å². The first kappa shape index (κ1) is 22.6. The van der Waals surface area contributed by atoms with E-state index < -0.39 is 5.60 Å². The summed E-state index contributed by atoms with van der Waals surface area (Å²) < 4.78 is 11.3. The molecular formula is C20H31IN4O3. The topological polar surface area (TPSA) is 75.2 Å². The maximum atomic E-state index is 12.0. The molecular weight excluding hydrogens is 471 g/mol. The summed E-state index contributed by atoms with van der Waals surface area (Å²) in [5, 5.41) is 6.35. The predicted molar refractivity (Wildman–Crippen MR) is 121 cm³/mol. The SMILES string of the molecule is CN=C(NCC1Cc2ccccc2O1)N1CCC(NC(=O)OC(C)(C)C)C1.I. The van der Waals surface area contributed by atoms with Crippen molar-refractivity contribution in [1.82, 2.24) is 15.5 Å². The van der Waals surface area contributed by atoms with Crippen LogP contribution >= 0.6 is 24.0 Å². The number of likely N-dealkylation sites (tertiary alicyclic amines) is 1. The fraction of sp³-hybridized carbons (Fsp3) is 0.600. The number of halogens is 1. The molecule has 7 nitrogen and oxygen atoms in total. The molecule has 0 aliphatic carbocycles. The van der Waals surface area contributed by atoms with Crippen molar-refractivity contribution in [2.45, 2.75) is 51.4 Å². The number of hydrogen-bond acceptors (Lipinski definition) is 4. The second-order valence-corrected chi connectivity index (χ2v) is 8.06. The molecule has 0 radical (unpaired) electrons. The molecule has 1 amide bonds. The summed E-state index contributed by atoms with van der Waals surface area (Å²) >= 11 is 0. The molecule has 0 aromatic heterocycles. The molecule has 1 fully saturated rings. The number of ether oxygens (including phenoxy) is 2. The Kier molecular flexibility index (Phi) is 7.79. The number of rotatable bonds is 3.